The van der Waals surface area contributed by atoms with Crippen LogP contribution in [0.25, 0.3) is 11.3 Å². The molecule has 1 aromatic carbocycles. The zero-order valence-electron chi connectivity index (χ0n) is 10.0. The molecule has 0 amide bonds. The Hall–Kier alpha value is -1.13. The van der Waals surface area contributed by atoms with Crippen molar-refractivity contribution < 1.29 is 0 Å². The van der Waals surface area contributed by atoms with Crippen LogP contribution >= 0.6 is 15.9 Å². The standard InChI is InChI=1S/C13H16BrN3/c1-9-4-3-5-11(6-9)13-12(14)7-16-17(13)8-10(2)15/h3-7,10H,8,15H2,1-2H3. The molecular formula is C13H16BrN3. The van der Waals surface area contributed by atoms with E-state index in [0.29, 0.717) is 0 Å². The van der Waals surface area contributed by atoms with E-state index in [1.54, 1.807) is 0 Å². The first kappa shape index (κ1) is 12.3. The molecular weight excluding hydrogens is 278 g/mol. The lowest BCUT2D eigenvalue weighted by Crippen LogP contribution is -2.23. The Kier molecular flexibility index (Phi) is 3.64. The summed E-state index contributed by atoms with van der Waals surface area (Å²) in [6, 6.07) is 8.47. The van der Waals surface area contributed by atoms with E-state index in [2.05, 4.69) is 52.2 Å². The van der Waals surface area contributed by atoms with Gasteiger partial charge in [-0.25, -0.2) is 0 Å². The van der Waals surface area contributed by atoms with Crippen LogP contribution in [-0.2, 0) is 6.54 Å². The summed E-state index contributed by atoms with van der Waals surface area (Å²) in [6.07, 6.45) is 1.82. The highest BCUT2D eigenvalue weighted by Crippen LogP contribution is 2.28. The molecule has 0 spiro atoms. The minimum absolute atomic E-state index is 0.0883. The molecule has 2 rings (SSSR count). The Morgan fingerprint density at radius 3 is 2.88 bits per heavy atom. The fourth-order valence-corrected chi connectivity index (χ4v) is 2.38. The molecule has 17 heavy (non-hydrogen) atoms. The first-order chi connectivity index (χ1) is 8.08. The lowest BCUT2D eigenvalue weighted by Gasteiger charge is -2.11. The first-order valence-electron chi connectivity index (χ1n) is 5.62. The topological polar surface area (TPSA) is 43.8 Å². The molecule has 0 bridgehead atoms. The Bertz CT molecular complexity index is 517. The zero-order chi connectivity index (χ0) is 12.4. The summed E-state index contributed by atoms with van der Waals surface area (Å²) in [5, 5.41) is 4.35. The molecule has 2 aromatic rings. The predicted octanol–water partition coefficient (Wildman–Crippen LogP) is 2.97. The van der Waals surface area contributed by atoms with Crippen molar-refractivity contribution in [2.24, 2.45) is 5.73 Å². The van der Waals surface area contributed by atoms with Crippen molar-refractivity contribution in [2.45, 2.75) is 26.4 Å². The molecule has 4 heteroatoms. The van der Waals surface area contributed by atoms with Crippen molar-refractivity contribution in [1.82, 2.24) is 9.78 Å². The quantitative estimate of drug-likeness (QED) is 0.945. The van der Waals surface area contributed by atoms with Gasteiger partial charge in [0.15, 0.2) is 0 Å². The van der Waals surface area contributed by atoms with Crippen LogP contribution < -0.4 is 5.73 Å². The zero-order valence-corrected chi connectivity index (χ0v) is 11.6. The fraction of sp³-hybridized carbons (Fsp3) is 0.308. The number of rotatable bonds is 3. The van der Waals surface area contributed by atoms with E-state index in [-0.39, 0.29) is 6.04 Å². The first-order valence-corrected chi connectivity index (χ1v) is 6.41. The second-order valence-electron chi connectivity index (χ2n) is 4.37. The number of aryl methyl sites for hydroxylation is 1. The van der Waals surface area contributed by atoms with Crippen LogP contribution in [0.5, 0.6) is 0 Å². The second kappa shape index (κ2) is 5.02. The average molecular weight is 294 g/mol. The molecule has 1 atom stereocenters. The van der Waals surface area contributed by atoms with E-state index < -0.39 is 0 Å². The Morgan fingerprint density at radius 2 is 2.24 bits per heavy atom. The molecule has 1 unspecified atom stereocenters. The lowest BCUT2D eigenvalue weighted by atomic mass is 10.1. The largest absolute Gasteiger partial charge is 0.326 e. The molecule has 0 saturated heterocycles. The fourth-order valence-electron chi connectivity index (χ4n) is 1.85. The van der Waals surface area contributed by atoms with Crippen LogP contribution in [0.2, 0.25) is 0 Å². The Morgan fingerprint density at radius 1 is 1.47 bits per heavy atom. The number of benzene rings is 1. The normalized spacial score (nSPS) is 12.7. The van der Waals surface area contributed by atoms with Crippen LogP contribution in [-0.4, -0.2) is 15.8 Å². The van der Waals surface area contributed by atoms with Crippen molar-refractivity contribution in [2.75, 3.05) is 0 Å². The number of nitrogens with zero attached hydrogens (tertiary/aromatic N) is 2. The van der Waals surface area contributed by atoms with Gasteiger partial charge < -0.3 is 5.73 Å². The van der Waals surface area contributed by atoms with Crippen LogP contribution in [0.15, 0.2) is 34.9 Å². The van der Waals surface area contributed by atoms with Gasteiger partial charge in [0.1, 0.15) is 0 Å². The van der Waals surface area contributed by atoms with Crippen LogP contribution in [0, 0.1) is 6.92 Å². The summed E-state index contributed by atoms with van der Waals surface area (Å²) >= 11 is 3.54. The highest BCUT2D eigenvalue weighted by molar-refractivity contribution is 9.10. The molecule has 0 radical (unpaired) electrons. The maximum Gasteiger partial charge on any atom is 0.0825 e. The molecule has 0 aliphatic carbocycles. The summed E-state index contributed by atoms with van der Waals surface area (Å²) in [4.78, 5) is 0. The van der Waals surface area contributed by atoms with E-state index >= 15 is 0 Å². The Labute approximate surface area is 110 Å². The van der Waals surface area contributed by atoms with E-state index in [9.17, 15) is 0 Å². The third-order valence-corrected chi connectivity index (χ3v) is 3.13. The third kappa shape index (κ3) is 2.76. The molecule has 0 aliphatic rings. The molecule has 3 nitrogen and oxygen atoms in total. The van der Waals surface area contributed by atoms with Crippen LogP contribution in [0.4, 0.5) is 0 Å². The summed E-state index contributed by atoms with van der Waals surface area (Å²) in [7, 11) is 0. The highest BCUT2D eigenvalue weighted by Gasteiger charge is 2.12. The molecule has 2 N–H and O–H groups in total. The van der Waals surface area contributed by atoms with E-state index in [4.69, 9.17) is 5.73 Å². The van der Waals surface area contributed by atoms with Crippen molar-refractivity contribution in [3.8, 4) is 11.3 Å². The van der Waals surface area contributed by atoms with Crippen LogP contribution in [0.1, 0.15) is 12.5 Å². The van der Waals surface area contributed by atoms with Gasteiger partial charge in [-0.2, -0.15) is 5.10 Å². The minimum Gasteiger partial charge on any atom is -0.326 e. The smallest absolute Gasteiger partial charge is 0.0825 e. The number of hydrogen-bond donors (Lipinski definition) is 1. The Balaban J connectivity index is 2.47. The maximum absolute atomic E-state index is 5.83. The summed E-state index contributed by atoms with van der Waals surface area (Å²) < 4.78 is 2.95. The van der Waals surface area contributed by atoms with Gasteiger partial charge in [-0.3, -0.25) is 4.68 Å². The maximum atomic E-state index is 5.83. The summed E-state index contributed by atoms with van der Waals surface area (Å²) in [5.74, 6) is 0. The number of nitrogens with two attached hydrogens (primary N) is 1. The van der Waals surface area contributed by atoms with Crippen molar-refractivity contribution in [3.05, 3.63) is 40.5 Å². The van der Waals surface area contributed by atoms with E-state index in [0.717, 1.165) is 22.3 Å². The molecule has 1 heterocycles. The van der Waals surface area contributed by atoms with Gasteiger partial charge >= 0.3 is 0 Å². The summed E-state index contributed by atoms with van der Waals surface area (Å²) in [6.45, 7) is 4.79. The van der Waals surface area contributed by atoms with Crippen molar-refractivity contribution in [1.29, 1.82) is 0 Å². The number of halogens is 1. The predicted molar refractivity (Wildman–Crippen MR) is 73.7 cm³/mol. The monoisotopic (exact) mass is 293 g/mol. The van der Waals surface area contributed by atoms with Crippen molar-refractivity contribution in [3.63, 3.8) is 0 Å². The van der Waals surface area contributed by atoms with Gasteiger partial charge in [-0.05, 0) is 35.8 Å². The average Bonchev–Trinajstić information content (AvgIpc) is 2.59. The summed E-state index contributed by atoms with van der Waals surface area (Å²) in [5.41, 5.74) is 9.32. The van der Waals surface area contributed by atoms with Gasteiger partial charge in [0.2, 0.25) is 0 Å². The lowest BCUT2D eigenvalue weighted by molar-refractivity contribution is 0.543. The third-order valence-electron chi connectivity index (χ3n) is 2.55. The molecule has 1 aromatic heterocycles. The second-order valence-corrected chi connectivity index (χ2v) is 5.22. The van der Waals surface area contributed by atoms with Gasteiger partial charge in [0, 0.05) is 11.6 Å². The van der Waals surface area contributed by atoms with E-state index in [1.807, 2.05) is 17.8 Å². The molecule has 90 valence electrons. The SMILES string of the molecule is Cc1cccc(-c2c(Br)cnn2CC(C)N)c1. The number of aromatic nitrogens is 2. The number of hydrogen-bond acceptors (Lipinski definition) is 2. The van der Waals surface area contributed by atoms with Gasteiger partial charge in [0.25, 0.3) is 0 Å². The van der Waals surface area contributed by atoms with Crippen LogP contribution in [0.3, 0.4) is 0 Å². The van der Waals surface area contributed by atoms with Crippen molar-refractivity contribution >= 4 is 15.9 Å². The van der Waals surface area contributed by atoms with Gasteiger partial charge in [-0.15, -0.1) is 0 Å². The molecule has 0 saturated carbocycles. The molecule has 0 aliphatic heterocycles. The van der Waals surface area contributed by atoms with Gasteiger partial charge in [0.05, 0.1) is 22.9 Å². The highest BCUT2D eigenvalue weighted by atomic mass is 79.9. The van der Waals surface area contributed by atoms with Gasteiger partial charge in [-0.1, -0.05) is 23.8 Å². The minimum atomic E-state index is 0.0883. The van der Waals surface area contributed by atoms with E-state index in [1.165, 1.54) is 5.56 Å². The molecule has 0 fully saturated rings.